The van der Waals surface area contributed by atoms with E-state index >= 15 is 0 Å². The lowest BCUT2D eigenvalue weighted by Crippen LogP contribution is -2.38. The van der Waals surface area contributed by atoms with E-state index in [1.165, 1.54) is 18.1 Å². The van der Waals surface area contributed by atoms with Crippen LogP contribution in [0.1, 0.15) is 65.2 Å². The number of aryl methyl sites for hydroxylation is 1. The topological polar surface area (TPSA) is 90.1 Å². The summed E-state index contributed by atoms with van der Waals surface area (Å²) in [7, 11) is 2.11. The van der Waals surface area contributed by atoms with Crippen molar-refractivity contribution in [2.45, 2.75) is 86.4 Å². The molecule has 0 bridgehead atoms. The molecule has 0 atom stereocenters. The van der Waals surface area contributed by atoms with Crippen LogP contribution in [0.5, 0.6) is 5.88 Å². The van der Waals surface area contributed by atoms with Crippen molar-refractivity contribution in [3.63, 3.8) is 0 Å². The van der Waals surface area contributed by atoms with Crippen molar-refractivity contribution in [3.8, 4) is 5.88 Å². The minimum absolute atomic E-state index is 0.350. The summed E-state index contributed by atoms with van der Waals surface area (Å²) in [5.74, 6) is -0.00320. The van der Waals surface area contributed by atoms with Crippen LogP contribution in [0, 0.1) is 6.92 Å². The lowest BCUT2D eigenvalue weighted by Gasteiger charge is -2.30. The molecule has 0 spiro atoms. The van der Waals surface area contributed by atoms with Gasteiger partial charge >= 0.3 is 5.97 Å². The maximum Gasteiger partial charge on any atom is 0.309 e. The van der Waals surface area contributed by atoms with Crippen LogP contribution in [-0.4, -0.2) is 74.0 Å². The third-order valence-electron chi connectivity index (χ3n) is 7.14. The van der Waals surface area contributed by atoms with Gasteiger partial charge in [0.2, 0.25) is 5.88 Å². The number of ether oxygens (including phenoxy) is 1. The maximum atomic E-state index is 11.0. The standard InChI is InChI=1S/C16H25N3.C15H21N3O2/c1-11(2)19(12(3)4)7-6-14-10-17-15-8-13(5)9-18-16(14)15;1-10(2)18(4)8-7-12-9-16-13-5-6-14(17-15(12)13)20-11(3)19/h8-12,17H,6-7H2,1-5H3;5-6,9-10,16H,7-8H2,1-4H3. The van der Waals surface area contributed by atoms with Gasteiger partial charge in [-0.25, -0.2) is 4.98 Å². The van der Waals surface area contributed by atoms with Crippen molar-refractivity contribution in [1.29, 1.82) is 0 Å². The molecule has 0 radical (unpaired) electrons. The van der Waals surface area contributed by atoms with Gasteiger partial charge in [-0.15, -0.1) is 0 Å². The molecule has 0 aromatic carbocycles. The number of carbonyl (C=O) groups excluding carboxylic acids is 1. The first-order valence-electron chi connectivity index (χ1n) is 14.0. The van der Waals surface area contributed by atoms with Gasteiger partial charge < -0.3 is 19.6 Å². The molecule has 0 saturated heterocycles. The number of H-pyrrole nitrogens is 2. The smallest absolute Gasteiger partial charge is 0.309 e. The minimum atomic E-state index is -0.353. The predicted octanol–water partition coefficient (Wildman–Crippen LogP) is 5.90. The van der Waals surface area contributed by atoms with Crippen molar-refractivity contribution in [2.24, 2.45) is 0 Å². The molecule has 8 nitrogen and oxygen atoms in total. The summed E-state index contributed by atoms with van der Waals surface area (Å²) >= 11 is 0. The molecule has 39 heavy (non-hydrogen) atoms. The van der Waals surface area contributed by atoms with E-state index in [4.69, 9.17) is 4.74 Å². The molecule has 0 unspecified atom stereocenters. The highest BCUT2D eigenvalue weighted by Gasteiger charge is 2.14. The van der Waals surface area contributed by atoms with Gasteiger partial charge in [-0.1, -0.05) is 0 Å². The fourth-order valence-electron chi connectivity index (χ4n) is 4.71. The number of fused-ring (bicyclic) bond motifs is 2. The van der Waals surface area contributed by atoms with Gasteiger partial charge in [-0.05, 0) is 97.2 Å². The maximum absolute atomic E-state index is 11.0. The van der Waals surface area contributed by atoms with Crippen LogP contribution < -0.4 is 4.74 Å². The van der Waals surface area contributed by atoms with Gasteiger partial charge in [-0.2, -0.15) is 0 Å². The number of nitrogens with one attached hydrogen (secondary N) is 2. The molecule has 0 fully saturated rings. The van der Waals surface area contributed by atoms with Gasteiger partial charge in [0, 0.05) is 62.8 Å². The molecule has 0 amide bonds. The summed E-state index contributed by atoms with van der Waals surface area (Å²) in [6, 6.07) is 7.43. The minimum Gasteiger partial charge on any atom is -0.408 e. The van der Waals surface area contributed by atoms with Gasteiger partial charge in [0.1, 0.15) is 0 Å². The van der Waals surface area contributed by atoms with Crippen molar-refractivity contribution in [1.82, 2.24) is 29.7 Å². The number of hydrogen-bond donors (Lipinski definition) is 2. The molecule has 2 N–H and O–H groups in total. The third kappa shape index (κ3) is 8.38. The molecule has 4 rings (SSSR count). The molecule has 0 aliphatic heterocycles. The summed E-state index contributed by atoms with van der Waals surface area (Å²) < 4.78 is 5.04. The second-order valence-corrected chi connectivity index (χ2v) is 11.2. The van der Waals surface area contributed by atoms with E-state index in [2.05, 4.69) is 97.5 Å². The zero-order chi connectivity index (χ0) is 28.7. The Bertz CT molecular complexity index is 1350. The van der Waals surface area contributed by atoms with Crippen LogP contribution in [0.4, 0.5) is 0 Å². The van der Waals surface area contributed by atoms with Gasteiger partial charge in [-0.3, -0.25) is 14.7 Å². The van der Waals surface area contributed by atoms with Gasteiger partial charge in [0.15, 0.2) is 0 Å². The number of aromatic nitrogens is 4. The van der Waals surface area contributed by atoms with Crippen LogP contribution in [0.2, 0.25) is 0 Å². The molecule has 212 valence electrons. The normalized spacial score (nSPS) is 11.8. The van der Waals surface area contributed by atoms with Crippen molar-refractivity contribution < 1.29 is 9.53 Å². The second-order valence-electron chi connectivity index (χ2n) is 11.2. The lowest BCUT2D eigenvalue weighted by atomic mass is 10.1. The fraction of sp³-hybridized carbons (Fsp3) is 0.516. The zero-order valence-electron chi connectivity index (χ0n) is 25.1. The van der Waals surface area contributed by atoms with E-state index in [9.17, 15) is 4.79 Å². The molecule has 0 aliphatic carbocycles. The Balaban J connectivity index is 0.000000216. The Labute approximate surface area is 233 Å². The first-order chi connectivity index (χ1) is 18.5. The molecular weight excluding hydrogens is 488 g/mol. The molecule has 0 saturated carbocycles. The Morgan fingerprint density at radius 3 is 2.13 bits per heavy atom. The van der Waals surface area contributed by atoms with Gasteiger partial charge in [0.25, 0.3) is 0 Å². The highest BCUT2D eigenvalue weighted by Crippen LogP contribution is 2.21. The highest BCUT2D eigenvalue weighted by atomic mass is 16.5. The third-order valence-corrected chi connectivity index (χ3v) is 7.14. The molecule has 4 aromatic heterocycles. The van der Waals surface area contributed by atoms with E-state index in [-0.39, 0.29) is 5.97 Å². The van der Waals surface area contributed by atoms with E-state index in [0.29, 0.717) is 24.0 Å². The van der Waals surface area contributed by atoms with Crippen LogP contribution in [-0.2, 0) is 17.6 Å². The van der Waals surface area contributed by atoms with E-state index in [1.807, 2.05) is 18.5 Å². The van der Waals surface area contributed by atoms with Gasteiger partial charge in [0.05, 0.1) is 22.1 Å². The second kappa shape index (κ2) is 13.7. The van der Waals surface area contributed by atoms with E-state index in [0.717, 1.165) is 53.6 Å². The summed E-state index contributed by atoms with van der Waals surface area (Å²) in [6.07, 6.45) is 7.99. The number of esters is 1. The monoisotopic (exact) mass is 534 g/mol. The van der Waals surface area contributed by atoms with Crippen LogP contribution in [0.3, 0.4) is 0 Å². The van der Waals surface area contributed by atoms with Crippen LogP contribution in [0.15, 0.2) is 36.8 Å². The Morgan fingerprint density at radius 2 is 1.51 bits per heavy atom. The highest BCUT2D eigenvalue weighted by molar-refractivity contribution is 5.80. The number of nitrogens with zero attached hydrogens (tertiary/aromatic N) is 4. The lowest BCUT2D eigenvalue weighted by molar-refractivity contribution is -0.132. The number of carbonyl (C=O) groups is 1. The van der Waals surface area contributed by atoms with E-state index < -0.39 is 0 Å². The zero-order valence-corrected chi connectivity index (χ0v) is 25.1. The number of rotatable bonds is 10. The summed E-state index contributed by atoms with van der Waals surface area (Å²) in [5.41, 5.74) is 7.77. The summed E-state index contributed by atoms with van der Waals surface area (Å²) in [5, 5.41) is 0. The Hall–Kier alpha value is -3.23. The molecule has 4 heterocycles. The number of pyridine rings is 2. The SMILES string of the molecule is CC(=O)Oc1ccc2[nH]cc(CCN(C)C(C)C)c2n1.Cc1cnc2c(CCN(C(C)C)C(C)C)c[nH]c2c1. The molecular formula is C31H46N6O2. The Kier molecular flexibility index (Phi) is 10.7. The number of likely N-dealkylation sites (N-methyl/N-ethyl adjacent to an activating group) is 1. The fourth-order valence-corrected chi connectivity index (χ4v) is 4.71. The van der Waals surface area contributed by atoms with Crippen LogP contribution in [0.25, 0.3) is 22.1 Å². The van der Waals surface area contributed by atoms with Crippen molar-refractivity contribution >= 4 is 28.0 Å². The number of aromatic amines is 2. The van der Waals surface area contributed by atoms with Crippen LogP contribution >= 0.6 is 0 Å². The molecule has 0 aliphatic rings. The summed E-state index contributed by atoms with van der Waals surface area (Å²) in [4.78, 5) is 31.3. The average Bonchev–Trinajstić information content (AvgIpc) is 3.45. The summed E-state index contributed by atoms with van der Waals surface area (Å²) in [6.45, 7) is 18.9. The average molecular weight is 535 g/mol. The quantitative estimate of drug-likeness (QED) is 0.246. The Morgan fingerprint density at radius 1 is 0.897 bits per heavy atom. The van der Waals surface area contributed by atoms with Crippen molar-refractivity contribution in [2.75, 3.05) is 20.1 Å². The molecule has 8 heteroatoms. The van der Waals surface area contributed by atoms with Crippen molar-refractivity contribution in [3.05, 3.63) is 53.5 Å². The molecule has 4 aromatic rings. The predicted molar refractivity (Wildman–Crippen MR) is 160 cm³/mol. The largest absolute Gasteiger partial charge is 0.408 e. The van der Waals surface area contributed by atoms with E-state index in [1.54, 1.807) is 6.07 Å². The number of hydrogen-bond acceptors (Lipinski definition) is 6. The first kappa shape index (κ1) is 30.3. The first-order valence-corrected chi connectivity index (χ1v) is 14.0.